The Hall–Kier alpha value is -0.820. The monoisotopic (exact) mass is 233 g/mol. The second-order valence-corrected chi connectivity index (χ2v) is 5.69. The standard InChI is InChI=1S/C16H27N/c1-11(2)15(12(3)4)16(17-6)14-10-8-7-9-13(14)5/h7-12,15-17H,1-6H3. The Bertz CT molecular complexity index is 333. The summed E-state index contributed by atoms with van der Waals surface area (Å²) in [6.07, 6.45) is 0. The Kier molecular flexibility index (Phi) is 5.20. The fraction of sp³-hybridized carbons (Fsp3) is 0.625. The first-order valence-corrected chi connectivity index (χ1v) is 6.71. The summed E-state index contributed by atoms with van der Waals surface area (Å²) in [4.78, 5) is 0. The molecule has 0 fully saturated rings. The van der Waals surface area contributed by atoms with Crippen LogP contribution in [0.5, 0.6) is 0 Å². The van der Waals surface area contributed by atoms with Gasteiger partial charge in [-0.2, -0.15) is 0 Å². The molecule has 0 spiro atoms. The van der Waals surface area contributed by atoms with Crippen molar-refractivity contribution in [1.82, 2.24) is 5.32 Å². The summed E-state index contributed by atoms with van der Waals surface area (Å²) in [6.45, 7) is 11.5. The average molecular weight is 233 g/mol. The van der Waals surface area contributed by atoms with Crippen molar-refractivity contribution < 1.29 is 0 Å². The second-order valence-electron chi connectivity index (χ2n) is 5.69. The van der Waals surface area contributed by atoms with E-state index in [4.69, 9.17) is 0 Å². The third-order valence-electron chi connectivity index (χ3n) is 3.76. The number of benzene rings is 1. The fourth-order valence-corrected chi connectivity index (χ4v) is 3.03. The number of nitrogens with one attached hydrogen (secondary N) is 1. The van der Waals surface area contributed by atoms with E-state index < -0.39 is 0 Å². The molecule has 1 unspecified atom stereocenters. The van der Waals surface area contributed by atoms with Gasteiger partial charge in [-0.25, -0.2) is 0 Å². The van der Waals surface area contributed by atoms with Gasteiger partial charge in [0.2, 0.25) is 0 Å². The van der Waals surface area contributed by atoms with Crippen LogP contribution in [0.3, 0.4) is 0 Å². The van der Waals surface area contributed by atoms with E-state index in [0.717, 1.165) is 0 Å². The van der Waals surface area contributed by atoms with Crippen molar-refractivity contribution >= 4 is 0 Å². The van der Waals surface area contributed by atoms with Gasteiger partial charge >= 0.3 is 0 Å². The normalized spacial score (nSPS) is 13.7. The van der Waals surface area contributed by atoms with Gasteiger partial charge < -0.3 is 5.32 Å². The highest BCUT2D eigenvalue weighted by Gasteiger charge is 2.28. The van der Waals surface area contributed by atoms with Crippen molar-refractivity contribution in [1.29, 1.82) is 0 Å². The van der Waals surface area contributed by atoms with Crippen LogP contribution in [0.25, 0.3) is 0 Å². The van der Waals surface area contributed by atoms with Gasteiger partial charge in [-0.05, 0) is 42.9 Å². The molecular formula is C16H27N. The Morgan fingerprint density at radius 3 is 1.88 bits per heavy atom. The molecule has 0 aliphatic heterocycles. The molecule has 0 aliphatic rings. The Balaban J connectivity index is 3.09. The smallest absolute Gasteiger partial charge is 0.0353 e. The van der Waals surface area contributed by atoms with E-state index in [-0.39, 0.29) is 0 Å². The third kappa shape index (κ3) is 3.32. The molecule has 0 bridgehead atoms. The zero-order valence-electron chi connectivity index (χ0n) is 12.1. The maximum Gasteiger partial charge on any atom is 0.0353 e. The number of hydrogen-bond acceptors (Lipinski definition) is 1. The van der Waals surface area contributed by atoms with Crippen molar-refractivity contribution in [3.05, 3.63) is 35.4 Å². The zero-order valence-corrected chi connectivity index (χ0v) is 12.1. The lowest BCUT2D eigenvalue weighted by molar-refractivity contribution is 0.217. The largest absolute Gasteiger partial charge is 0.313 e. The summed E-state index contributed by atoms with van der Waals surface area (Å²) in [5, 5.41) is 3.52. The van der Waals surface area contributed by atoms with E-state index in [1.807, 2.05) is 0 Å². The summed E-state index contributed by atoms with van der Waals surface area (Å²) in [6, 6.07) is 9.18. The van der Waals surface area contributed by atoms with E-state index >= 15 is 0 Å². The highest BCUT2D eigenvalue weighted by Crippen LogP contribution is 2.34. The summed E-state index contributed by atoms with van der Waals surface area (Å²) in [7, 11) is 2.08. The molecule has 1 nitrogen and oxygen atoms in total. The Morgan fingerprint density at radius 2 is 1.47 bits per heavy atom. The Labute approximate surface area is 107 Å². The van der Waals surface area contributed by atoms with Crippen LogP contribution < -0.4 is 5.32 Å². The molecule has 1 N–H and O–H groups in total. The van der Waals surface area contributed by atoms with Gasteiger partial charge in [0, 0.05) is 6.04 Å². The van der Waals surface area contributed by atoms with Gasteiger partial charge in [0.25, 0.3) is 0 Å². The maximum atomic E-state index is 3.52. The summed E-state index contributed by atoms with van der Waals surface area (Å²) in [5.74, 6) is 2.04. The minimum absolute atomic E-state index is 0.455. The molecule has 0 aromatic heterocycles. The first kappa shape index (κ1) is 14.2. The van der Waals surface area contributed by atoms with Crippen LogP contribution in [0.4, 0.5) is 0 Å². The van der Waals surface area contributed by atoms with Gasteiger partial charge in [0.15, 0.2) is 0 Å². The topological polar surface area (TPSA) is 12.0 Å². The second kappa shape index (κ2) is 6.20. The molecule has 0 amide bonds. The summed E-state index contributed by atoms with van der Waals surface area (Å²) in [5.41, 5.74) is 2.83. The van der Waals surface area contributed by atoms with Crippen LogP contribution in [0.2, 0.25) is 0 Å². The zero-order chi connectivity index (χ0) is 13.0. The molecule has 1 aromatic rings. The van der Waals surface area contributed by atoms with Crippen LogP contribution in [0.15, 0.2) is 24.3 Å². The van der Waals surface area contributed by atoms with Gasteiger partial charge in [-0.15, -0.1) is 0 Å². The molecule has 0 saturated heterocycles. The molecule has 1 aromatic carbocycles. The van der Waals surface area contributed by atoms with E-state index in [9.17, 15) is 0 Å². The number of aryl methyl sites for hydroxylation is 1. The van der Waals surface area contributed by atoms with Crippen LogP contribution in [-0.4, -0.2) is 7.05 Å². The lowest BCUT2D eigenvalue weighted by Crippen LogP contribution is -2.32. The van der Waals surface area contributed by atoms with Gasteiger partial charge in [0.1, 0.15) is 0 Å². The van der Waals surface area contributed by atoms with E-state index in [1.165, 1.54) is 11.1 Å². The maximum absolute atomic E-state index is 3.52. The van der Waals surface area contributed by atoms with E-state index in [2.05, 4.69) is 71.2 Å². The lowest BCUT2D eigenvalue weighted by Gasteiger charge is -2.34. The molecule has 1 atom stereocenters. The third-order valence-corrected chi connectivity index (χ3v) is 3.76. The van der Waals surface area contributed by atoms with E-state index in [0.29, 0.717) is 23.8 Å². The van der Waals surface area contributed by atoms with Gasteiger partial charge in [-0.3, -0.25) is 0 Å². The molecule has 0 saturated carbocycles. The average Bonchev–Trinajstić information content (AvgIpc) is 2.25. The highest BCUT2D eigenvalue weighted by atomic mass is 14.9. The molecule has 1 rings (SSSR count). The van der Waals surface area contributed by atoms with Gasteiger partial charge in [-0.1, -0.05) is 52.0 Å². The number of rotatable bonds is 5. The molecule has 17 heavy (non-hydrogen) atoms. The minimum Gasteiger partial charge on any atom is -0.313 e. The Morgan fingerprint density at radius 1 is 0.941 bits per heavy atom. The summed E-state index contributed by atoms with van der Waals surface area (Å²) < 4.78 is 0. The first-order chi connectivity index (χ1) is 7.99. The molecule has 0 heterocycles. The van der Waals surface area contributed by atoms with E-state index in [1.54, 1.807) is 0 Å². The fourth-order valence-electron chi connectivity index (χ4n) is 3.03. The predicted octanol–water partition coefficient (Wildman–Crippen LogP) is 4.18. The van der Waals surface area contributed by atoms with Crippen LogP contribution in [-0.2, 0) is 0 Å². The van der Waals surface area contributed by atoms with Crippen LogP contribution >= 0.6 is 0 Å². The molecule has 96 valence electrons. The van der Waals surface area contributed by atoms with Crippen molar-refractivity contribution in [2.24, 2.45) is 17.8 Å². The molecule has 0 aliphatic carbocycles. The highest BCUT2D eigenvalue weighted by molar-refractivity contribution is 5.29. The molecular weight excluding hydrogens is 206 g/mol. The van der Waals surface area contributed by atoms with Crippen molar-refractivity contribution in [2.45, 2.75) is 40.7 Å². The quantitative estimate of drug-likeness (QED) is 0.804. The SMILES string of the molecule is CNC(c1ccccc1C)C(C(C)C)C(C)C. The van der Waals surface area contributed by atoms with Crippen LogP contribution in [0.1, 0.15) is 44.9 Å². The summed E-state index contributed by atoms with van der Waals surface area (Å²) >= 11 is 0. The van der Waals surface area contributed by atoms with Crippen molar-refractivity contribution in [2.75, 3.05) is 7.05 Å². The molecule has 1 heteroatoms. The minimum atomic E-state index is 0.455. The first-order valence-electron chi connectivity index (χ1n) is 6.71. The van der Waals surface area contributed by atoms with Crippen LogP contribution in [0, 0.1) is 24.7 Å². The lowest BCUT2D eigenvalue weighted by atomic mass is 9.76. The predicted molar refractivity (Wildman–Crippen MR) is 76.1 cm³/mol. The van der Waals surface area contributed by atoms with Crippen molar-refractivity contribution in [3.63, 3.8) is 0 Å². The van der Waals surface area contributed by atoms with Gasteiger partial charge in [0.05, 0.1) is 0 Å². The van der Waals surface area contributed by atoms with Crippen molar-refractivity contribution in [3.8, 4) is 0 Å². The molecule has 0 radical (unpaired) electrons. The number of hydrogen-bond donors (Lipinski definition) is 1.